The Hall–Kier alpha value is -1.23. The van der Waals surface area contributed by atoms with E-state index in [1.165, 1.54) is 6.92 Å². The van der Waals surface area contributed by atoms with Gasteiger partial charge in [0, 0.05) is 0 Å². The van der Waals surface area contributed by atoms with Crippen LogP contribution in [0.5, 0.6) is 0 Å². The highest BCUT2D eigenvalue weighted by atomic mass is 17.2. The maximum absolute atomic E-state index is 10.9. The highest BCUT2D eigenvalue weighted by molar-refractivity contribution is 6.36. The summed E-state index contributed by atoms with van der Waals surface area (Å²) < 4.78 is 0. The number of carbonyl (C=O) groups excluding carboxylic acids is 3. The van der Waals surface area contributed by atoms with E-state index in [0.29, 0.717) is 0 Å². The van der Waals surface area contributed by atoms with Gasteiger partial charge in [-0.15, -0.1) is 0 Å². The highest BCUT2D eigenvalue weighted by Crippen LogP contribution is 2.07. The van der Waals surface area contributed by atoms with Gasteiger partial charge < -0.3 is 0 Å². The molecule has 0 N–H and O–H groups in total. The molecule has 0 saturated heterocycles. The van der Waals surface area contributed by atoms with Crippen LogP contribution in [0.1, 0.15) is 34.1 Å². The molecule has 0 aliphatic rings. The summed E-state index contributed by atoms with van der Waals surface area (Å²) in [6.07, 6.45) is -0.452. The number of ketones is 2. The number of carbonyl (C=O) groups is 3. The molecule has 0 radical (unpaired) electrons. The summed E-state index contributed by atoms with van der Waals surface area (Å²) in [6, 6.07) is 0. The van der Waals surface area contributed by atoms with Gasteiger partial charge >= 0.3 is 5.97 Å². The van der Waals surface area contributed by atoms with E-state index in [4.69, 9.17) is 0 Å². The summed E-state index contributed by atoms with van der Waals surface area (Å²) in [7, 11) is 0. The molecule has 0 heterocycles. The van der Waals surface area contributed by atoms with Crippen molar-refractivity contribution in [2.45, 2.75) is 39.7 Å². The number of hydrogen-bond donors (Lipinski definition) is 0. The molecule has 0 spiro atoms. The van der Waals surface area contributed by atoms with E-state index in [-0.39, 0.29) is 5.78 Å². The van der Waals surface area contributed by atoms with Crippen LogP contribution in [0.25, 0.3) is 0 Å². The third-order valence-electron chi connectivity index (χ3n) is 1.00. The van der Waals surface area contributed by atoms with Crippen molar-refractivity contribution in [1.82, 2.24) is 0 Å². The van der Waals surface area contributed by atoms with Crippen LogP contribution in [0, 0.1) is 0 Å². The second-order valence-electron chi connectivity index (χ2n) is 3.87. The fourth-order valence-electron chi connectivity index (χ4n) is 0.508. The van der Waals surface area contributed by atoms with Gasteiger partial charge in [-0.1, -0.05) is 0 Å². The average Bonchev–Trinajstić information content (AvgIpc) is 1.97. The molecule has 80 valence electrons. The minimum Gasteiger partial charge on any atom is -0.300 e. The zero-order chi connectivity index (χ0) is 11.4. The molecule has 0 aromatic carbocycles. The molecule has 0 aromatic heterocycles. The first-order chi connectivity index (χ1) is 6.22. The SMILES string of the molecule is CC(=O)CC(=O)C(=O)OOC(C)(C)C. The first kappa shape index (κ1) is 12.8. The molecule has 5 heteroatoms. The molecular formula is C9H14O5. The third-order valence-corrected chi connectivity index (χ3v) is 1.00. The lowest BCUT2D eigenvalue weighted by Gasteiger charge is -2.15. The second-order valence-corrected chi connectivity index (χ2v) is 3.87. The summed E-state index contributed by atoms with van der Waals surface area (Å²) in [5.74, 6) is -2.43. The molecule has 0 bridgehead atoms. The smallest absolute Gasteiger partial charge is 0.300 e. The highest BCUT2D eigenvalue weighted by Gasteiger charge is 2.21. The van der Waals surface area contributed by atoms with Crippen LogP contribution >= 0.6 is 0 Å². The largest absolute Gasteiger partial charge is 0.408 e. The van der Waals surface area contributed by atoms with Crippen molar-refractivity contribution >= 4 is 17.5 Å². The number of rotatable bonds is 4. The van der Waals surface area contributed by atoms with Crippen molar-refractivity contribution in [1.29, 1.82) is 0 Å². The Morgan fingerprint density at radius 2 is 1.64 bits per heavy atom. The van der Waals surface area contributed by atoms with Crippen LogP contribution in [-0.2, 0) is 24.2 Å². The van der Waals surface area contributed by atoms with Gasteiger partial charge in [0.1, 0.15) is 11.4 Å². The lowest BCUT2D eigenvalue weighted by atomic mass is 10.2. The summed E-state index contributed by atoms with van der Waals surface area (Å²) in [6.45, 7) is 6.21. The van der Waals surface area contributed by atoms with E-state index < -0.39 is 23.8 Å². The Kier molecular flexibility index (Phi) is 4.43. The lowest BCUT2D eigenvalue weighted by Crippen LogP contribution is -2.26. The van der Waals surface area contributed by atoms with Crippen molar-refractivity contribution in [3.05, 3.63) is 0 Å². The van der Waals surface area contributed by atoms with Crippen LogP contribution in [0.15, 0.2) is 0 Å². The van der Waals surface area contributed by atoms with E-state index in [9.17, 15) is 14.4 Å². The molecule has 0 fully saturated rings. The van der Waals surface area contributed by atoms with Crippen molar-refractivity contribution in [3.63, 3.8) is 0 Å². The van der Waals surface area contributed by atoms with Gasteiger partial charge in [0.2, 0.25) is 0 Å². The topological polar surface area (TPSA) is 69.7 Å². The minimum atomic E-state index is -1.14. The minimum absolute atomic E-state index is 0.386. The van der Waals surface area contributed by atoms with Gasteiger partial charge in [-0.05, 0) is 27.7 Å². The van der Waals surface area contributed by atoms with E-state index in [2.05, 4.69) is 9.78 Å². The van der Waals surface area contributed by atoms with E-state index in [1.807, 2.05) is 0 Å². The molecule has 0 aromatic rings. The Morgan fingerprint density at radius 1 is 1.14 bits per heavy atom. The summed E-state index contributed by atoms with van der Waals surface area (Å²) >= 11 is 0. The van der Waals surface area contributed by atoms with Crippen LogP contribution in [0.2, 0.25) is 0 Å². The first-order valence-electron chi connectivity index (χ1n) is 4.14. The number of hydrogen-bond acceptors (Lipinski definition) is 5. The monoisotopic (exact) mass is 202 g/mol. The molecular weight excluding hydrogens is 188 g/mol. The molecule has 14 heavy (non-hydrogen) atoms. The van der Waals surface area contributed by atoms with Gasteiger partial charge in [0.15, 0.2) is 0 Å². The zero-order valence-electron chi connectivity index (χ0n) is 8.75. The molecule has 0 aliphatic carbocycles. The number of Topliss-reactive ketones (excluding diaryl/α,β-unsaturated/α-hetero) is 2. The van der Waals surface area contributed by atoms with Crippen molar-refractivity contribution in [2.24, 2.45) is 0 Å². The van der Waals surface area contributed by atoms with Crippen molar-refractivity contribution in [3.8, 4) is 0 Å². The molecule has 0 saturated carbocycles. The van der Waals surface area contributed by atoms with Crippen molar-refractivity contribution < 1.29 is 24.2 Å². The Bertz CT molecular complexity index is 248. The van der Waals surface area contributed by atoms with E-state index in [1.54, 1.807) is 20.8 Å². The Morgan fingerprint density at radius 3 is 2.00 bits per heavy atom. The first-order valence-corrected chi connectivity index (χ1v) is 4.14. The predicted molar refractivity (Wildman–Crippen MR) is 47.2 cm³/mol. The van der Waals surface area contributed by atoms with Gasteiger partial charge in [0.25, 0.3) is 5.78 Å². The van der Waals surface area contributed by atoms with Crippen LogP contribution in [0.4, 0.5) is 0 Å². The molecule has 0 amide bonds. The van der Waals surface area contributed by atoms with Crippen LogP contribution in [0.3, 0.4) is 0 Å². The molecule has 0 unspecified atom stereocenters. The standard InChI is InChI=1S/C9H14O5/c1-6(10)5-7(11)8(12)13-14-9(2,3)4/h5H2,1-4H3. The maximum Gasteiger partial charge on any atom is 0.408 e. The van der Waals surface area contributed by atoms with E-state index in [0.717, 1.165) is 0 Å². The summed E-state index contributed by atoms with van der Waals surface area (Å²) in [5.41, 5.74) is -0.674. The molecule has 0 aliphatic heterocycles. The van der Waals surface area contributed by atoms with Gasteiger partial charge in [-0.25, -0.2) is 4.79 Å². The van der Waals surface area contributed by atoms with Gasteiger partial charge in [0.05, 0.1) is 6.42 Å². The summed E-state index contributed by atoms with van der Waals surface area (Å²) in [5, 5.41) is 0. The summed E-state index contributed by atoms with van der Waals surface area (Å²) in [4.78, 5) is 41.1. The van der Waals surface area contributed by atoms with Crippen molar-refractivity contribution in [2.75, 3.05) is 0 Å². The predicted octanol–water partition coefficient (Wildman–Crippen LogP) is 0.808. The quantitative estimate of drug-likeness (QED) is 0.292. The van der Waals surface area contributed by atoms with Crippen LogP contribution in [-0.4, -0.2) is 23.1 Å². The maximum atomic E-state index is 10.9. The second kappa shape index (κ2) is 4.85. The normalized spacial score (nSPS) is 10.9. The average molecular weight is 202 g/mol. The fourth-order valence-corrected chi connectivity index (χ4v) is 0.508. The van der Waals surface area contributed by atoms with E-state index >= 15 is 0 Å². The third kappa shape index (κ3) is 6.30. The van der Waals surface area contributed by atoms with Crippen LogP contribution < -0.4 is 0 Å². The Balaban J connectivity index is 3.98. The Labute approximate surface area is 82.3 Å². The lowest BCUT2D eigenvalue weighted by molar-refractivity contribution is -0.317. The fraction of sp³-hybridized carbons (Fsp3) is 0.667. The zero-order valence-corrected chi connectivity index (χ0v) is 8.75. The van der Waals surface area contributed by atoms with Gasteiger partial charge in [-0.2, -0.15) is 4.89 Å². The van der Waals surface area contributed by atoms with Gasteiger partial charge in [-0.3, -0.25) is 14.5 Å². The molecule has 0 rings (SSSR count). The molecule has 5 nitrogen and oxygen atoms in total. The molecule has 0 atom stereocenters.